The number of rotatable bonds is 2. The number of fused-ring (bicyclic) bond motifs is 2. The molecule has 0 amide bonds. The van der Waals surface area contributed by atoms with Crippen LogP contribution in [0.2, 0.25) is 0 Å². The van der Waals surface area contributed by atoms with Crippen LogP contribution in [0, 0.1) is 17.8 Å². The van der Waals surface area contributed by atoms with Crippen LogP contribution in [0.25, 0.3) is 0 Å². The lowest BCUT2D eigenvalue weighted by molar-refractivity contribution is -0.153. The number of carbonyl (C=O) groups excluding carboxylic acids is 1. The van der Waals surface area contributed by atoms with Crippen molar-refractivity contribution in [2.45, 2.75) is 32.8 Å². The Labute approximate surface area is 79.0 Å². The molecule has 2 rings (SSSR count). The number of hydrogen-bond acceptors (Lipinski definition) is 2. The molecule has 2 bridgehead atoms. The molecular weight excluding hydrogens is 164 g/mol. The summed E-state index contributed by atoms with van der Waals surface area (Å²) in [6.45, 7) is 3.81. The zero-order valence-corrected chi connectivity index (χ0v) is 8.19. The van der Waals surface area contributed by atoms with Gasteiger partial charge in [-0.1, -0.05) is 12.2 Å². The van der Waals surface area contributed by atoms with Gasteiger partial charge in [-0.2, -0.15) is 0 Å². The molecular formula is C11H16O2. The van der Waals surface area contributed by atoms with E-state index in [2.05, 4.69) is 12.2 Å². The van der Waals surface area contributed by atoms with Gasteiger partial charge in [0.1, 0.15) is 0 Å². The van der Waals surface area contributed by atoms with Gasteiger partial charge >= 0.3 is 5.97 Å². The zero-order chi connectivity index (χ0) is 9.42. The van der Waals surface area contributed by atoms with E-state index in [1.54, 1.807) is 0 Å². The molecule has 13 heavy (non-hydrogen) atoms. The Kier molecular flexibility index (Phi) is 2.14. The third kappa shape index (κ3) is 1.62. The highest BCUT2D eigenvalue weighted by Gasteiger charge is 2.40. The molecule has 1 fully saturated rings. The molecule has 0 aromatic rings. The van der Waals surface area contributed by atoms with Crippen molar-refractivity contribution >= 4 is 5.97 Å². The Hall–Kier alpha value is -0.790. The summed E-state index contributed by atoms with van der Waals surface area (Å²) in [5, 5.41) is 0. The summed E-state index contributed by atoms with van der Waals surface area (Å²) in [4.78, 5) is 11.6. The standard InChI is InChI=1S/C11H16O2/c1-7(2)13-11(12)10-6-8-3-4-9(10)5-8/h3-4,7-10H,5-6H2,1-2H3/t8-,9+,10+/m1/s1. The van der Waals surface area contributed by atoms with Crippen LogP contribution in [0.1, 0.15) is 26.7 Å². The fourth-order valence-electron chi connectivity index (χ4n) is 2.37. The molecule has 2 aliphatic carbocycles. The van der Waals surface area contributed by atoms with E-state index in [0.29, 0.717) is 11.8 Å². The van der Waals surface area contributed by atoms with Gasteiger partial charge < -0.3 is 4.74 Å². The number of carbonyl (C=O) groups is 1. The van der Waals surface area contributed by atoms with Gasteiger partial charge in [0.05, 0.1) is 12.0 Å². The molecule has 3 atom stereocenters. The predicted octanol–water partition coefficient (Wildman–Crippen LogP) is 2.15. The molecule has 72 valence electrons. The quantitative estimate of drug-likeness (QED) is 0.481. The first kappa shape index (κ1) is 8.79. The second-order valence-electron chi connectivity index (χ2n) is 4.37. The maximum Gasteiger partial charge on any atom is 0.309 e. The van der Waals surface area contributed by atoms with Crippen molar-refractivity contribution < 1.29 is 9.53 Å². The van der Waals surface area contributed by atoms with E-state index in [1.807, 2.05) is 13.8 Å². The van der Waals surface area contributed by atoms with Crippen LogP contribution in [0.15, 0.2) is 12.2 Å². The molecule has 0 spiro atoms. The molecule has 0 aromatic heterocycles. The summed E-state index contributed by atoms with van der Waals surface area (Å²) in [6, 6.07) is 0. The van der Waals surface area contributed by atoms with Crippen LogP contribution in [0.4, 0.5) is 0 Å². The van der Waals surface area contributed by atoms with Gasteiger partial charge in [0, 0.05) is 0 Å². The molecule has 0 radical (unpaired) electrons. The molecule has 0 saturated heterocycles. The Morgan fingerprint density at radius 2 is 2.15 bits per heavy atom. The first-order chi connectivity index (χ1) is 6.16. The smallest absolute Gasteiger partial charge is 0.309 e. The number of esters is 1. The molecule has 0 unspecified atom stereocenters. The van der Waals surface area contributed by atoms with E-state index in [9.17, 15) is 4.79 Å². The van der Waals surface area contributed by atoms with Crippen molar-refractivity contribution in [2.75, 3.05) is 0 Å². The van der Waals surface area contributed by atoms with Crippen LogP contribution in [0.3, 0.4) is 0 Å². The van der Waals surface area contributed by atoms with Gasteiger partial charge in [0.2, 0.25) is 0 Å². The van der Waals surface area contributed by atoms with Crippen LogP contribution in [-0.4, -0.2) is 12.1 Å². The minimum atomic E-state index is 0.00634. The van der Waals surface area contributed by atoms with E-state index < -0.39 is 0 Å². The second kappa shape index (κ2) is 3.17. The second-order valence-corrected chi connectivity index (χ2v) is 4.37. The molecule has 2 nitrogen and oxygen atoms in total. The molecule has 0 aliphatic heterocycles. The van der Waals surface area contributed by atoms with Crippen LogP contribution >= 0.6 is 0 Å². The van der Waals surface area contributed by atoms with Crippen molar-refractivity contribution in [3.8, 4) is 0 Å². The minimum Gasteiger partial charge on any atom is -0.463 e. The molecule has 0 aromatic carbocycles. The van der Waals surface area contributed by atoms with Crippen molar-refractivity contribution in [1.29, 1.82) is 0 Å². The summed E-state index contributed by atoms with van der Waals surface area (Å²) >= 11 is 0. The zero-order valence-electron chi connectivity index (χ0n) is 8.19. The lowest BCUT2D eigenvalue weighted by Crippen LogP contribution is -2.24. The van der Waals surface area contributed by atoms with Gasteiger partial charge in [0.15, 0.2) is 0 Å². The summed E-state index contributed by atoms with van der Waals surface area (Å²) in [6.07, 6.45) is 6.62. The van der Waals surface area contributed by atoms with Crippen LogP contribution < -0.4 is 0 Å². The van der Waals surface area contributed by atoms with Crippen molar-refractivity contribution in [2.24, 2.45) is 17.8 Å². The number of allylic oxidation sites excluding steroid dienone is 2. The van der Waals surface area contributed by atoms with E-state index in [4.69, 9.17) is 4.74 Å². The van der Waals surface area contributed by atoms with E-state index in [-0.39, 0.29) is 18.0 Å². The molecule has 0 heterocycles. The highest BCUT2D eigenvalue weighted by Crippen LogP contribution is 2.43. The highest BCUT2D eigenvalue weighted by molar-refractivity contribution is 5.74. The van der Waals surface area contributed by atoms with E-state index in [0.717, 1.165) is 12.8 Å². The largest absolute Gasteiger partial charge is 0.463 e. The fourth-order valence-corrected chi connectivity index (χ4v) is 2.37. The predicted molar refractivity (Wildman–Crippen MR) is 50.1 cm³/mol. The Bertz CT molecular complexity index is 242. The van der Waals surface area contributed by atoms with Gasteiger partial charge in [-0.25, -0.2) is 0 Å². The Morgan fingerprint density at radius 3 is 2.62 bits per heavy atom. The SMILES string of the molecule is CC(C)OC(=O)[C@H]1C[C@@H]2C=C[C@H]1C2. The first-order valence-corrected chi connectivity index (χ1v) is 5.05. The lowest BCUT2D eigenvalue weighted by atomic mass is 9.94. The topological polar surface area (TPSA) is 26.3 Å². The van der Waals surface area contributed by atoms with E-state index >= 15 is 0 Å². The molecule has 1 saturated carbocycles. The maximum absolute atomic E-state index is 11.6. The summed E-state index contributed by atoms with van der Waals surface area (Å²) in [7, 11) is 0. The monoisotopic (exact) mass is 180 g/mol. The average Bonchev–Trinajstić information content (AvgIpc) is 2.62. The fraction of sp³-hybridized carbons (Fsp3) is 0.727. The Balaban J connectivity index is 1.95. The summed E-state index contributed by atoms with van der Waals surface area (Å²) in [5.74, 6) is 1.27. The highest BCUT2D eigenvalue weighted by atomic mass is 16.5. The van der Waals surface area contributed by atoms with Crippen molar-refractivity contribution in [3.63, 3.8) is 0 Å². The number of ether oxygens (including phenoxy) is 1. The van der Waals surface area contributed by atoms with Gasteiger partial charge in [-0.3, -0.25) is 4.79 Å². The van der Waals surface area contributed by atoms with Crippen LogP contribution in [0.5, 0.6) is 0 Å². The third-order valence-corrected chi connectivity index (χ3v) is 2.93. The first-order valence-electron chi connectivity index (χ1n) is 5.05. The molecule has 2 heteroatoms. The molecule has 2 aliphatic rings. The maximum atomic E-state index is 11.6. The van der Waals surface area contributed by atoms with Gasteiger partial charge in [-0.15, -0.1) is 0 Å². The van der Waals surface area contributed by atoms with Gasteiger partial charge in [0.25, 0.3) is 0 Å². The average molecular weight is 180 g/mol. The summed E-state index contributed by atoms with van der Waals surface area (Å²) < 4.78 is 5.21. The molecule has 0 N–H and O–H groups in total. The summed E-state index contributed by atoms with van der Waals surface area (Å²) in [5.41, 5.74) is 0. The van der Waals surface area contributed by atoms with E-state index in [1.165, 1.54) is 0 Å². The minimum absolute atomic E-state index is 0.00634. The third-order valence-electron chi connectivity index (χ3n) is 2.93. The lowest BCUT2D eigenvalue weighted by Gasteiger charge is -2.18. The normalized spacial score (nSPS) is 35.8. The van der Waals surface area contributed by atoms with Crippen molar-refractivity contribution in [3.05, 3.63) is 12.2 Å². The van der Waals surface area contributed by atoms with Gasteiger partial charge in [-0.05, 0) is 38.5 Å². The number of hydrogen-bond donors (Lipinski definition) is 0. The van der Waals surface area contributed by atoms with Crippen molar-refractivity contribution in [1.82, 2.24) is 0 Å². The Morgan fingerprint density at radius 1 is 1.38 bits per heavy atom. The van der Waals surface area contributed by atoms with Crippen LogP contribution in [-0.2, 0) is 9.53 Å².